The number of aryl methyl sites for hydroxylation is 1. The van der Waals surface area contributed by atoms with Gasteiger partial charge in [0.1, 0.15) is 11.9 Å². The van der Waals surface area contributed by atoms with E-state index in [4.69, 9.17) is 0 Å². The summed E-state index contributed by atoms with van der Waals surface area (Å²) in [7, 11) is 0. The van der Waals surface area contributed by atoms with Crippen molar-refractivity contribution in [2.75, 3.05) is 18.0 Å². The molecule has 0 aliphatic carbocycles. The number of hydrogen-bond acceptors (Lipinski definition) is 2. The number of benzene rings is 2. The van der Waals surface area contributed by atoms with Crippen molar-refractivity contribution in [3.05, 3.63) is 65.5 Å². The van der Waals surface area contributed by atoms with Crippen molar-refractivity contribution in [1.29, 1.82) is 0 Å². The summed E-state index contributed by atoms with van der Waals surface area (Å²) in [5, 5.41) is 0. The molecule has 124 valence electrons. The topological polar surface area (TPSA) is 40.6 Å². The molecular formula is C19H19FN2O2. The number of anilines is 1. The zero-order valence-electron chi connectivity index (χ0n) is 13.7. The molecule has 0 unspecified atom stereocenters. The summed E-state index contributed by atoms with van der Waals surface area (Å²) in [6.45, 7) is 4.40. The van der Waals surface area contributed by atoms with Crippen LogP contribution in [0.3, 0.4) is 0 Å². The molecule has 4 nitrogen and oxygen atoms in total. The molecule has 0 aromatic heterocycles. The van der Waals surface area contributed by atoms with Crippen molar-refractivity contribution in [2.24, 2.45) is 0 Å². The number of carbonyl (C=O) groups excluding carboxylic acids is 2. The molecular weight excluding hydrogens is 307 g/mol. The average Bonchev–Trinajstić information content (AvgIpc) is 2.56. The van der Waals surface area contributed by atoms with Crippen LogP contribution < -0.4 is 4.90 Å². The monoisotopic (exact) mass is 326 g/mol. The minimum atomic E-state index is -0.588. The van der Waals surface area contributed by atoms with E-state index in [9.17, 15) is 14.0 Å². The first kappa shape index (κ1) is 16.2. The molecule has 2 amide bonds. The van der Waals surface area contributed by atoms with Crippen LogP contribution in [0.1, 0.15) is 22.8 Å². The third kappa shape index (κ3) is 3.02. The molecule has 0 saturated carbocycles. The third-order valence-electron chi connectivity index (χ3n) is 4.30. The standard InChI is InChI=1S/C19H19FN2O2/c1-13-5-3-6-15(11-13)19(24)21-9-10-22(18(23)14(21)2)17-8-4-7-16(20)12-17/h3-8,11-12,14H,9-10H2,1-2H3/t14-/m1/s1. The Morgan fingerprint density at radius 2 is 1.88 bits per heavy atom. The first-order chi connectivity index (χ1) is 11.5. The first-order valence-corrected chi connectivity index (χ1v) is 7.92. The fourth-order valence-corrected chi connectivity index (χ4v) is 2.99. The van der Waals surface area contributed by atoms with E-state index in [1.165, 1.54) is 17.0 Å². The second-order valence-corrected chi connectivity index (χ2v) is 6.01. The lowest BCUT2D eigenvalue weighted by molar-refractivity contribution is -0.124. The van der Waals surface area contributed by atoms with Gasteiger partial charge in [0, 0.05) is 24.3 Å². The first-order valence-electron chi connectivity index (χ1n) is 7.92. The van der Waals surface area contributed by atoms with Gasteiger partial charge in [0.05, 0.1) is 0 Å². The summed E-state index contributed by atoms with van der Waals surface area (Å²) in [5.41, 5.74) is 2.10. The Balaban J connectivity index is 1.81. The Hall–Kier alpha value is -2.69. The molecule has 1 aliphatic rings. The molecule has 1 fully saturated rings. The van der Waals surface area contributed by atoms with Crippen LogP contribution in [0, 0.1) is 12.7 Å². The van der Waals surface area contributed by atoms with Gasteiger partial charge >= 0.3 is 0 Å². The van der Waals surface area contributed by atoms with Gasteiger partial charge in [-0.05, 0) is 44.2 Å². The SMILES string of the molecule is Cc1cccc(C(=O)N2CCN(c3cccc(F)c3)C(=O)[C@H]2C)c1. The molecule has 2 aromatic rings. The molecule has 24 heavy (non-hydrogen) atoms. The second kappa shape index (κ2) is 6.43. The van der Waals surface area contributed by atoms with E-state index in [1.54, 1.807) is 30.0 Å². The van der Waals surface area contributed by atoms with Crippen molar-refractivity contribution in [3.8, 4) is 0 Å². The summed E-state index contributed by atoms with van der Waals surface area (Å²) in [5.74, 6) is -0.738. The van der Waals surface area contributed by atoms with E-state index in [2.05, 4.69) is 0 Å². The maximum atomic E-state index is 13.4. The highest BCUT2D eigenvalue weighted by molar-refractivity contribution is 6.03. The number of halogens is 1. The van der Waals surface area contributed by atoms with Crippen LogP contribution in [0.15, 0.2) is 48.5 Å². The summed E-state index contributed by atoms with van der Waals surface area (Å²) in [6.07, 6.45) is 0. The van der Waals surface area contributed by atoms with Gasteiger partial charge in [-0.2, -0.15) is 0 Å². The Morgan fingerprint density at radius 3 is 2.58 bits per heavy atom. The maximum absolute atomic E-state index is 13.4. The largest absolute Gasteiger partial charge is 0.325 e. The second-order valence-electron chi connectivity index (χ2n) is 6.01. The highest BCUT2D eigenvalue weighted by atomic mass is 19.1. The van der Waals surface area contributed by atoms with Gasteiger partial charge in [0.25, 0.3) is 5.91 Å². The molecule has 5 heteroatoms. The van der Waals surface area contributed by atoms with E-state index >= 15 is 0 Å². The number of carbonyl (C=O) groups is 2. The van der Waals surface area contributed by atoms with Gasteiger partial charge in [-0.1, -0.05) is 23.8 Å². The van der Waals surface area contributed by atoms with Crippen molar-refractivity contribution in [2.45, 2.75) is 19.9 Å². The van der Waals surface area contributed by atoms with Crippen LogP contribution in [-0.2, 0) is 4.79 Å². The van der Waals surface area contributed by atoms with Crippen molar-refractivity contribution < 1.29 is 14.0 Å². The number of piperazine rings is 1. The summed E-state index contributed by atoms with van der Waals surface area (Å²) < 4.78 is 13.4. The molecule has 1 heterocycles. The predicted octanol–water partition coefficient (Wildman–Crippen LogP) is 3.01. The maximum Gasteiger partial charge on any atom is 0.254 e. The van der Waals surface area contributed by atoms with Crippen molar-refractivity contribution in [1.82, 2.24) is 4.90 Å². The zero-order chi connectivity index (χ0) is 17.3. The predicted molar refractivity (Wildman–Crippen MR) is 90.4 cm³/mol. The molecule has 0 spiro atoms. The number of amides is 2. The summed E-state index contributed by atoms with van der Waals surface area (Å²) in [4.78, 5) is 28.5. The van der Waals surface area contributed by atoms with E-state index in [0.717, 1.165) is 5.56 Å². The lowest BCUT2D eigenvalue weighted by Crippen LogP contribution is -2.57. The van der Waals surface area contributed by atoms with E-state index < -0.39 is 6.04 Å². The Kier molecular flexibility index (Phi) is 4.34. The molecule has 0 bridgehead atoms. The van der Waals surface area contributed by atoms with Gasteiger partial charge in [-0.3, -0.25) is 9.59 Å². The Bertz CT molecular complexity index is 790. The molecule has 3 rings (SSSR count). The fourth-order valence-electron chi connectivity index (χ4n) is 2.99. The minimum Gasteiger partial charge on any atom is -0.325 e. The Labute approximate surface area is 140 Å². The molecule has 1 saturated heterocycles. The van der Waals surface area contributed by atoms with E-state index in [-0.39, 0.29) is 17.6 Å². The highest BCUT2D eigenvalue weighted by Crippen LogP contribution is 2.22. The van der Waals surface area contributed by atoms with Gasteiger partial charge in [0.15, 0.2) is 0 Å². The Morgan fingerprint density at radius 1 is 1.12 bits per heavy atom. The van der Waals surface area contributed by atoms with Crippen LogP contribution in [0.25, 0.3) is 0 Å². The fraction of sp³-hybridized carbons (Fsp3) is 0.263. The zero-order valence-corrected chi connectivity index (χ0v) is 13.7. The van der Waals surface area contributed by atoms with Crippen LogP contribution in [0.2, 0.25) is 0 Å². The number of nitrogens with zero attached hydrogens (tertiary/aromatic N) is 2. The van der Waals surface area contributed by atoms with Crippen LogP contribution in [-0.4, -0.2) is 35.8 Å². The summed E-state index contributed by atoms with van der Waals surface area (Å²) >= 11 is 0. The van der Waals surface area contributed by atoms with E-state index in [1.807, 2.05) is 25.1 Å². The van der Waals surface area contributed by atoms with E-state index in [0.29, 0.717) is 24.3 Å². The molecule has 0 radical (unpaired) electrons. The number of hydrogen-bond donors (Lipinski definition) is 0. The molecule has 2 aromatic carbocycles. The van der Waals surface area contributed by atoms with Crippen LogP contribution in [0.4, 0.5) is 10.1 Å². The quantitative estimate of drug-likeness (QED) is 0.851. The van der Waals surface area contributed by atoms with Crippen molar-refractivity contribution >= 4 is 17.5 Å². The minimum absolute atomic E-state index is 0.154. The third-order valence-corrected chi connectivity index (χ3v) is 4.30. The average molecular weight is 326 g/mol. The van der Waals surface area contributed by atoms with Gasteiger partial charge in [0.2, 0.25) is 5.91 Å². The smallest absolute Gasteiger partial charge is 0.254 e. The summed E-state index contributed by atoms with van der Waals surface area (Å²) in [6, 6.07) is 12.7. The van der Waals surface area contributed by atoms with Gasteiger partial charge in [-0.15, -0.1) is 0 Å². The van der Waals surface area contributed by atoms with Crippen LogP contribution >= 0.6 is 0 Å². The highest BCUT2D eigenvalue weighted by Gasteiger charge is 2.35. The van der Waals surface area contributed by atoms with Crippen molar-refractivity contribution in [3.63, 3.8) is 0 Å². The lowest BCUT2D eigenvalue weighted by Gasteiger charge is -2.39. The van der Waals surface area contributed by atoms with Crippen LogP contribution in [0.5, 0.6) is 0 Å². The lowest BCUT2D eigenvalue weighted by atomic mass is 10.1. The molecule has 1 aliphatic heterocycles. The molecule has 1 atom stereocenters. The van der Waals surface area contributed by atoms with Gasteiger partial charge < -0.3 is 9.80 Å². The van der Waals surface area contributed by atoms with Gasteiger partial charge in [-0.25, -0.2) is 4.39 Å². The normalized spacial score (nSPS) is 18.0. The number of rotatable bonds is 2. The molecule has 0 N–H and O–H groups in total.